The second-order valence-corrected chi connectivity index (χ2v) is 7.74. The number of rotatable bonds is 6. The predicted molar refractivity (Wildman–Crippen MR) is 107 cm³/mol. The first-order valence-electron chi connectivity index (χ1n) is 9.19. The van der Waals surface area contributed by atoms with Crippen molar-refractivity contribution in [2.24, 2.45) is 5.92 Å². The molecule has 1 N–H and O–H groups in total. The summed E-state index contributed by atoms with van der Waals surface area (Å²) in [7, 11) is 0. The van der Waals surface area contributed by atoms with Gasteiger partial charge in [-0.3, -0.25) is 4.79 Å². The van der Waals surface area contributed by atoms with Gasteiger partial charge in [0, 0.05) is 17.4 Å². The SMILES string of the molecule is Cc1noc(CSc2ccccc2C(=O)NCC2COc3ccccc3C2)n1. The van der Waals surface area contributed by atoms with E-state index >= 15 is 0 Å². The lowest BCUT2D eigenvalue weighted by atomic mass is 9.96. The van der Waals surface area contributed by atoms with E-state index in [1.165, 1.54) is 17.3 Å². The van der Waals surface area contributed by atoms with E-state index in [4.69, 9.17) is 9.26 Å². The average molecular weight is 395 g/mol. The van der Waals surface area contributed by atoms with Crippen LogP contribution in [0.1, 0.15) is 27.6 Å². The molecular formula is C21H21N3O3S. The fraction of sp³-hybridized carbons (Fsp3) is 0.286. The number of nitrogens with one attached hydrogen (secondary N) is 1. The molecule has 28 heavy (non-hydrogen) atoms. The van der Waals surface area contributed by atoms with Crippen LogP contribution in [0.4, 0.5) is 0 Å². The van der Waals surface area contributed by atoms with Crippen LogP contribution in [0, 0.1) is 12.8 Å². The first-order valence-corrected chi connectivity index (χ1v) is 10.2. The molecule has 0 saturated carbocycles. The van der Waals surface area contributed by atoms with Gasteiger partial charge in [0.1, 0.15) is 5.75 Å². The van der Waals surface area contributed by atoms with Gasteiger partial charge in [0.25, 0.3) is 5.91 Å². The smallest absolute Gasteiger partial charge is 0.252 e. The maximum Gasteiger partial charge on any atom is 0.252 e. The molecule has 1 aliphatic rings. The highest BCUT2D eigenvalue weighted by Crippen LogP contribution is 2.27. The largest absolute Gasteiger partial charge is 0.493 e. The molecule has 0 spiro atoms. The van der Waals surface area contributed by atoms with Crippen LogP contribution in [0.5, 0.6) is 5.75 Å². The number of aromatic nitrogens is 2. The molecule has 1 amide bonds. The molecule has 0 fully saturated rings. The number of para-hydroxylation sites is 1. The zero-order chi connectivity index (χ0) is 19.3. The molecule has 1 atom stereocenters. The third kappa shape index (κ3) is 4.36. The van der Waals surface area contributed by atoms with Gasteiger partial charge in [-0.05, 0) is 37.1 Å². The highest BCUT2D eigenvalue weighted by molar-refractivity contribution is 7.98. The van der Waals surface area contributed by atoms with E-state index in [2.05, 4.69) is 21.5 Å². The number of hydrogen-bond donors (Lipinski definition) is 1. The number of thioether (sulfide) groups is 1. The van der Waals surface area contributed by atoms with Gasteiger partial charge in [-0.1, -0.05) is 35.5 Å². The van der Waals surface area contributed by atoms with Crippen molar-refractivity contribution in [2.75, 3.05) is 13.2 Å². The average Bonchev–Trinajstić information content (AvgIpc) is 3.15. The number of nitrogens with zero attached hydrogens (tertiary/aromatic N) is 2. The fourth-order valence-corrected chi connectivity index (χ4v) is 4.06. The molecule has 0 aliphatic carbocycles. The lowest BCUT2D eigenvalue weighted by Gasteiger charge is -2.25. The van der Waals surface area contributed by atoms with Crippen LogP contribution in [0.3, 0.4) is 0 Å². The van der Waals surface area contributed by atoms with Crippen molar-refractivity contribution in [2.45, 2.75) is 24.0 Å². The van der Waals surface area contributed by atoms with E-state index in [9.17, 15) is 4.79 Å². The van der Waals surface area contributed by atoms with Crippen molar-refractivity contribution in [3.63, 3.8) is 0 Å². The van der Waals surface area contributed by atoms with Crippen molar-refractivity contribution < 1.29 is 14.1 Å². The number of benzene rings is 2. The Kier molecular flexibility index (Phi) is 5.62. The molecule has 1 aromatic heterocycles. The van der Waals surface area contributed by atoms with Gasteiger partial charge in [0.05, 0.1) is 17.9 Å². The van der Waals surface area contributed by atoms with E-state index in [1.54, 1.807) is 6.92 Å². The lowest BCUT2D eigenvalue weighted by Crippen LogP contribution is -2.35. The first kappa shape index (κ1) is 18.6. The van der Waals surface area contributed by atoms with Crippen molar-refractivity contribution in [3.05, 3.63) is 71.4 Å². The van der Waals surface area contributed by atoms with Crippen LogP contribution in [0.25, 0.3) is 0 Å². The van der Waals surface area contributed by atoms with E-state index in [1.807, 2.05) is 42.5 Å². The molecule has 6 nitrogen and oxygen atoms in total. The minimum atomic E-state index is -0.0799. The molecule has 0 bridgehead atoms. The van der Waals surface area contributed by atoms with Crippen LogP contribution in [-0.2, 0) is 12.2 Å². The summed E-state index contributed by atoms with van der Waals surface area (Å²) >= 11 is 1.51. The standard InChI is InChI=1S/C21H21N3O3S/c1-14-23-20(27-24-14)13-28-19-9-5-3-7-17(19)21(25)22-11-15-10-16-6-2-4-8-18(16)26-12-15/h2-9,15H,10-13H2,1H3,(H,22,25). The number of carbonyl (C=O) groups excluding carboxylic acids is 1. The molecule has 1 unspecified atom stereocenters. The van der Waals surface area contributed by atoms with Crippen molar-refractivity contribution in [3.8, 4) is 5.75 Å². The van der Waals surface area contributed by atoms with Crippen molar-refractivity contribution in [1.82, 2.24) is 15.5 Å². The molecule has 1 aliphatic heterocycles. The molecule has 0 saturated heterocycles. The molecule has 2 heterocycles. The molecule has 0 radical (unpaired) electrons. The number of ether oxygens (including phenoxy) is 1. The van der Waals surface area contributed by atoms with Crippen molar-refractivity contribution >= 4 is 17.7 Å². The van der Waals surface area contributed by atoms with Gasteiger partial charge in [-0.25, -0.2) is 0 Å². The maximum atomic E-state index is 12.8. The van der Waals surface area contributed by atoms with Gasteiger partial charge < -0.3 is 14.6 Å². The zero-order valence-corrected chi connectivity index (χ0v) is 16.4. The second kappa shape index (κ2) is 8.48. The highest BCUT2D eigenvalue weighted by atomic mass is 32.2. The summed E-state index contributed by atoms with van der Waals surface area (Å²) in [5.74, 6) is 2.82. The lowest BCUT2D eigenvalue weighted by molar-refractivity contribution is 0.0936. The summed E-state index contributed by atoms with van der Waals surface area (Å²) in [6.45, 7) is 2.98. The number of carbonyl (C=O) groups is 1. The minimum absolute atomic E-state index is 0.0799. The quantitative estimate of drug-likeness (QED) is 0.642. The Labute approximate surface area is 167 Å². The third-order valence-corrected chi connectivity index (χ3v) is 5.62. The summed E-state index contributed by atoms with van der Waals surface area (Å²) in [6.07, 6.45) is 0.906. The van der Waals surface area contributed by atoms with Gasteiger partial charge >= 0.3 is 0 Å². The minimum Gasteiger partial charge on any atom is -0.493 e. The fourth-order valence-electron chi connectivity index (χ4n) is 3.17. The molecule has 144 valence electrons. The summed E-state index contributed by atoms with van der Waals surface area (Å²) in [5.41, 5.74) is 1.85. The van der Waals surface area contributed by atoms with Crippen LogP contribution in [-0.4, -0.2) is 29.2 Å². The van der Waals surface area contributed by atoms with Crippen LogP contribution >= 0.6 is 11.8 Å². The highest BCUT2D eigenvalue weighted by Gasteiger charge is 2.21. The summed E-state index contributed by atoms with van der Waals surface area (Å²) < 4.78 is 11.0. The Morgan fingerprint density at radius 3 is 2.89 bits per heavy atom. The Morgan fingerprint density at radius 2 is 2.04 bits per heavy atom. The number of fused-ring (bicyclic) bond motifs is 1. The molecular weight excluding hydrogens is 374 g/mol. The van der Waals surface area contributed by atoms with Crippen LogP contribution < -0.4 is 10.1 Å². The van der Waals surface area contributed by atoms with E-state index < -0.39 is 0 Å². The van der Waals surface area contributed by atoms with E-state index in [0.717, 1.165) is 17.1 Å². The normalized spacial score (nSPS) is 15.5. The molecule has 4 rings (SSSR count). The Hall–Kier alpha value is -2.80. The van der Waals surface area contributed by atoms with E-state index in [0.29, 0.717) is 36.2 Å². The molecule has 7 heteroatoms. The van der Waals surface area contributed by atoms with Crippen LogP contribution in [0.15, 0.2) is 57.9 Å². The molecule has 3 aromatic rings. The summed E-state index contributed by atoms with van der Waals surface area (Å²) in [5, 5.41) is 6.85. The summed E-state index contributed by atoms with van der Waals surface area (Å²) in [6, 6.07) is 15.6. The Balaban J connectivity index is 1.36. The second-order valence-electron chi connectivity index (χ2n) is 6.72. The number of amides is 1. The monoisotopic (exact) mass is 395 g/mol. The van der Waals surface area contributed by atoms with Crippen LogP contribution in [0.2, 0.25) is 0 Å². The van der Waals surface area contributed by atoms with Gasteiger partial charge in [0.2, 0.25) is 5.89 Å². The van der Waals surface area contributed by atoms with Crippen molar-refractivity contribution in [1.29, 1.82) is 0 Å². The van der Waals surface area contributed by atoms with Gasteiger partial charge in [-0.15, -0.1) is 11.8 Å². The molecule has 2 aromatic carbocycles. The topological polar surface area (TPSA) is 77.2 Å². The summed E-state index contributed by atoms with van der Waals surface area (Å²) in [4.78, 5) is 17.8. The van der Waals surface area contributed by atoms with Gasteiger partial charge in [-0.2, -0.15) is 4.98 Å². The number of aryl methyl sites for hydroxylation is 1. The van der Waals surface area contributed by atoms with Gasteiger partial charge in [0.15, 0.2) is 5.82 Å². The number of hydrogen-bond acceptors (Lipinski definition) is 6. The predicted octanol–water partition coefficient (Wildman–Crippen LogP) is 3.65. The van der Waals surface area contributed by atoms with E-state index in [-0.39, 0.29) is 11.8 Å². The third-order valence-electron chi connectivity index (χ3n) is 4.56. The maximum absolute atomic E-state index is 12.8. The zero-order valence-electron chi connectivity index (χ0n) is 15.6. The first-order chi connectivity index (χ1) is 13.7. The Bertz CT molecular complexity index is 973. The Morgan fingerprint density at radius 1 is 1.21 bits per heavy atom.